The summed E-state index contributed by atoms with van der Waals surface area (Å²) in [6, 6.07) is 10.9. The topological polar surface area (TPSA) is 110 Å². The molecule has 33 heavy (non-hydrogen) atoms. The van der Waals surface area contributed by atoms with E-state index in [1.165, 1.54) is 17.0 Å². The van der Waals surface area contributed by atoms with Gasteiger partial charge in [0.25, 0.3) is 5.91 Å². The maximum absolute atomic E-state index is 13.0. The van der Waals surface area contributed by atoms with Crippen LogP contribution in [-0.2, 0) is 38.3 Å². The molecular formula is C23H22F3N3O4. The Morgan fingerprint density at radius 3 is 2.36 bits per heavy atom. The van der Waals surface area contributed by atoms with Crippen LogP contribution in [0.2, 0.25) is 0 Å². The van der Waals surface area contributed by atoms with E-state index in [4.69, 9.17) is 5.73 Å². The summed E-state index contributed by atoms with van der Waals surface area (Å²) < 4.78 is 39.0. The summed E-state index contributed by atoms with van der Waals surface area (Å²) in [4.78, 5) is 50.3. The molecule has 0 aliphatic carbocycles. The summed E-state index contributed by atoms with van der Waals surface area (Å²) in [5.41, 5.74) is 5.16. The Morgan fingerprint density at radius 1 is 1.06 bits per heavy atom. The SMILES string of the molecule is NC(=O)C(=O)C(Cc1ccccc1)NC(=O)[C@H]1CCC(=O)N1Cc1cccc(C(F)(F)F)c1. The van der Waals surface area contributed by atoms with Gasteiger partial charge in [-0.3, -0.25) is 19.2 Å². The molecule has 1 aliphatic rings. The van der Waals surface area contributed by atoms with Crippen LogP contribution in [0.4, 0.5) is 13.2 Å². The Kier molecular flexibility index (Phi) is 7.15. The predicted molar refractivity (Wildman–Crippen MR) is 111 cm³/mol. The largest absolute Gasteiger partial charge is 0.416 e. The fourth-order valence-electron chi connectivity index (χ4n) is 3.75. The van der Waals surface area contributed by atoms with Gasteiger partial charge in [-0.05, 0) is 29.7 Å². The molecule has 174 valence electrons. The summed E-state index contributed by atoms with van der Waals surface area (Å²) in [5, 5.41) is 2.50. The Morgan fingerprint density at radius 2 is 1.73 bits per heavy atom. The number of likely N-dealkylation sites (tertiary alicyclic amines) is 1. The standard InChI is InChI=1S/C23H22F3N3O4/c24-23(25,26)16-8-4-7-15(11-16)13-29-18(9-10-19(29)30)22(33)28-17(20(31)21(27)32)12-14-5-2-1-3-6-14/h1-8,11,17-18H,9-10,12-13H2,(H2,27,32)(H,28,33)/t17?,18-/m1/s1. The van der Waals surface area contributed by atoms with E-state index in [1.54, 1.807) is 30.3 Å². The van der Waals surface area contributed by atoms with Crippen molar-refractivity contribution in [3.63, 3.8) is 0 Å². The minimum absolute atomic E-state index is 0.0165. The van der Waals surface area contributed by atoms with Crippen LogP contribution in [0.15, 0.2) is 54.6 Å². The second-order valence-corrected chi connectivity index (χ2v) is 7.75. The lowest BCUT2D eigenvalue weighted by Gasteiger charge is -2.26. The lowest BCUT2D eigenvalue weighted by atomic mass is 10.0. The quantitative estimate of drug-likeness (QED) is 0.586. The number of Topliss-reactive ketones (excluding diaryl/α,β-unsaturated/α-hetero) is 1. The number of nitrogens with one attached hydrogen (secondary N) is 1. The average molecular weight is 461 g/mol. The van der Waals surface area contributed by atoms with Gasteiger partial charge >= 0.3 is 6.18 Å². The molecule has 1 unspecified atom stereocenters. The van der Waals surface area contributed by atoms with Gasteiger partial charge in [-0.2, -0.15) is 13.2 Å². The van der Waals surface area contributed by atoms with Crippen LogP contribution in [0.1, 0.15) is 29.5 Å². The van der Waals surface area contributed by atoms with E-state index >= 15 is 0 Å². The van der Waals surface area contributed by atoms with Gasteiger partial charge in [0.15, 0.2) is 0 Å². The number of benzene rings is 2. The first-order valence-electron chi connectivity index (χ1n) is 10.2. The van der Waals surface area contributed by atoms with Crippen LogP contribution in [0, 0.1) is 0 Å². The lowest BCUT2D eigenvalue weighted by molar-refractivity contribution is -0.140. The zero-order valence-electron chi connectivity index (χ0n) is 17.5. The molecule has 3 amide bonds. The maximum Gasteiger partial charge on any atom is 0.416 e. The van der Waals surface area contributed by atoms with Crippen molar-refractivity contribution < 1.29 is 32.3 Å². The number of hydrogen-bond donors (Lipinski definition) is 2. The van der Waals surface area contributed by atoms with E-state index in [0.29, 0.717) is 5.56 Å². The third kappa shape index (κ3) is 5.97. The number of primary amides is 1. The fraction of sp³-hybridized carbons (Fsp3) is 0.304. The molecule has 3 N–H and O–H groups in total. The smallest absolute Gasteiger partial charge is 0.363 e. The molecule has 1 saturated heterocycles. The molecule has 7 nitrogen and oxygen atoms in total. The molecule has 1 aliphatic heterocycles. The van der Waals surface area contributed by atoms with Crippen LogP contribution in [0.25, 0.3) is 0 Å². The third-order valence-corrected chi connectivity index (χ3v) is 5.40. The number of ketones is 1. The monoisotopic (exact) mass is 461 g/mol. The van der Waals surface area contributed by atoms with Gasteiger partial charge < -0.3 is 16.0 Å². The highest BCUT2D eigenvalue weighted by Gasteiger charge is 2.38. The van der Waals surface area contributed by atoms with Gasteiger partial charge in [0.05, 0.1) is 5.56 Å². The number of hydrogen-bond acceptors (Lipinski definition) is 4. The van der Waals surface area contributed by atoms with Crippen LogP contribution in [-0.4, -0.2) is 40.5 Å². The van der Waals surface area contributed by atoms with Crippen molar-refractivity contribution in [2.75, 3.05) is 0 Å². The van der Waals surface area contributed by atoms with Crippen molar-refractivity contribution in [1.82, 2.24) is 10.2 Å². The molecule has 0 saturated carbocycles. The maximum atomic E-state index is 13.0. The summed E-state index contributed by atoms with van der Waals surface area (Å²) in [6.07, 6.45) is -4.36. The van der Waals surface area contributed by atoms with Crippen molar-refractivity contribution in [2.24, 2.45) is 5.73 Å². The highest BCUT2D eigenvalue weighted by atomic mass is 19.4. The minimum atomic E-state index is -4.54. The van der Waals surface area contributed by atoms with Gasteiger partial charge in [-0.1, -0.05) is 42.5 Å². The van der Waals surface area contributed by atoms with Crippen molar-refractivity contribution in [2.45, 2.75) is 44.1 Å². The molecule has 0 radical (unpaired) electrons. The molecule has 1 fully saturated rings. The number of amides is 3. The summed E-state index contributed by atoms with van der Waals surface area (Å²) in [7, 11) is 0. The summed E-state index contributed by atoms with van der Waals surface area (Å²) >= 11 is 0. The van der Waals surface area contributed by atoms with E-state index in [9.17, 15) is 32.3 Å². The molecule has 10 heteroatoms. The van der Waals surface area contributed by atoms with Crippen LogP contribution in [0.5, 0.6) is 0 Å². The molecule has 0 spiro atoms. The number of alkyl halides is 3. The zero-order valence-corrected chi connectivity index (χ0v) is 17.5. The van der Waals surface area contributed by atoms with Crippen LogP contribution in [0.3, 0.4) is 0 Å². The van der Waals surface area contributed by atoms with Gasteiger partial charge in [-0.25, -0.2) is 0 Å². The Balaban J connectivity index is 1.77. The lowest BCUT2D eigenvalue weighted by Crippen LogP contribution is -2.53. The van der Waals surface area contributed by atoms with E-state index in [2.05, 4.69) is 5.32 Å². The van der Waals surface area contributed by atoms with Crippen molar-refractivity contribution in [3.05, 3.63) is 71.3 Å². The molecule has 0 bridgehead atoms. The van der Waals surface area contributed by atoms with Gasteiger partial charge in [0, 0.05) is 19.4 Å². The second-order valence-electron chi connectivity index (χ2n) is 7.75. The first-order valence-corrected chi connectivity index (χ1v) is 10.2. The molecule has 1 heterocycles. The van der Waals surface area contributed by atoms with E-state index in [-0.39, 0.29) is 31.4 Å². The summed E-state index contributed by atoms with van der Waals surface area (Å²) in [5.74, 6) is -3.27. The Bertz CT molecular complexity index is 1060. The van der Waals surface area contributed by atoms with Crippen LogP contribution >= 0.6 is 0 Å². The van der Waals surface area contributed by atoms with Gasteiger partial charge in [0.1, 0.15) is 12.1 Å². The third-order valence-electron chi connectivity index (χ3n) is 5.40. The normalized spacial score (nSPS) is 17.0. The number of halogens is 3. The second kappa shape index (κ2) is 9.85. The Labute approximate surface area is 187 Å². The molecule has 3 rings (SSSR count). The van der Waals surface area contributed by atoms with E-state index in [0.717, 1.165) is 12.1 Å². The molecule has 2 aromatic carbocycles. The highest BCUT2D eigenvalue weighted by Crippen LogP contribution is 2.30. The molecule has 0 aromatic heterocycles. The predicted octanol–water partition coefficient (Wildman–Crippen LogP) is 1.98. The van der Waals surface area contributed by atoms with Crippen molar-refractivity contribution >= 4 is 23.5 Å². The first kappa shape index (κ1) is 24.0. The van der Waals surface area contributed by atoms with E-state index in [1.807, 2.05) is 0 Å². The van der Waals surface area contributed by atoms with Gasteiger partial charge in [-0.15, -0.1) is 0 Å². The van der Waals surface area contributed by atoms with Crippen LogP contribution < -0.4 is 11.1 Å². The molecule has 2 aromatic rings. The highest BCUT2D eigenvalue weighted by molar-refractivity contribution is 6.37. The average Bonchev–Trinajstić information content (AvgIpc) is 3.13. The number of rotatable bonds is 8. The fourth-order valence-corrected chi connectivity index (χ4v) is 3.75. The van der Waals surface area contributed by atoms with E-state index < -0.39 is 47.3 Å². The number of carbonyl (C=O) groups excluding carboxylic acids is 4. The Hall–Kier alpha value is -3.69. The van der Waals surface area contributed by atoms with Crippen molar-refractivity contribution in [1.29, 1.82) is 0 Å². The zero-order chi connectivity index (χ0) is 24.2. The summed E-state index contributed by atoms with van der Waals surface area (Å²) in [6.45, 7) is -0.200. The van der Waals surface area contributed by atoms with Gasteiger partial charge in [0.2, 0.25) is 17.6 Å². The molecule has 2 atom stereocenters. The number of carbonyl (C=O) groups is 4. The number of nitrogens with zero attached hydrogens (tertiary/aromatic N) is 1. The minimum Gasteiger partial charge on any atom is -0.363 e. The van der Waals surface area contributed by atoms with Crippen molar-refractivity contribution in [3.8, 4) is 0 Å². The first-order chi connectivity index (χ1) is 15.6. The molecular weight excluding hydrogens is 439 g/mol. The number of nitrogens with two attached hydrogens (primary N) is 1.